The maximum Gasteiger partial charge on any atom is 0.387 e. The number of nitrogens with one attached hydrogen (secondary N) is 1. The van der Waals surface area contributed by atoms with Gasteiger partial charge in [-0.1, -0.05) is 0 Å². The van der Waals surface area contributed by atoms with E-state index in [4.69, 9.17) is 14.2 Å². The molecule has 1 atom stereocenters. The number of alkyl halides is 2. The monoisotopic (exact) mass is 602 g/mol. The SMILES string of the molecule is COc1cc(F)c(-c2c(NC(=O)c3ccc(OC(F)F)cc3)c(=O)n(-c3cc(OC4CCOC4)cc(C)n3)n2C)c(F)c1. The molecule has 2 aromatic carbocycles. The van der Waals surface area contributed by atoms with Gasteiger partial charge < -0.3 is 24.3 Å². The van der Waals surface area contributed by atoms with E-state index in [9.17, 15) is 18.4 Å². The van der Waals surface area contributed by atoms with Crippen LogP contribution in [0.3, 0.4) is 0 Å². The number of pyridine rings is 1. The maximum absolute atomic E-state index is 15.4. The van der Waals surface area contributed by atoms with Crippen LogP contribution in [0.2, 0.25) is 0 Å². The van der Waals surface area contributed by atoms with Crippen molar-refractivity contribution >= 4 is 11.6 Å². The zero-order valence-electron chi connectivity index (χ0n) is 23.2. The number of hydrogen-bond acceptors (Lipinski definition) is 7. The molecule has 0 spiro atoms. The molecule has 3 heterocycles. The summed E-state index contributed by atoms with van der Waals surface area (Å²) in [4.78, 5) is 31.5. The smallest absolute Gasteiger partial charge is 0.387 e. The van der Waals surface area contributed by atoms with E-state index in [1.165, 1.54) is 32.4 Å². The summed E-state index contributed by atoms with van der Waals surface area (Å²) in [6.45, 7) is -0.436. The van der Waals surface area contributed by atoms with Crippen LogP contribution >= 0.6 is 0 Å². The maximum atomic E-state index is 15.4. The molecule has 14 heteroatoms. The number of carbonyl (C=O) groups is 1. The number of amides is 1. The van der Waals surface area contributed by atoms with Gasteiger partial charge in [-0.05, 0) is 31.2 Å². The third kappa shape index (κ3) is 6.18. The van der Waals surface area contributed by atoms with Crippen molar-refractivity contribution in [1.82, 2.24) is 14.3 Å². The molecule has 1 unspecified atom stereocenters. The second-order valence-corrected chi connectivity index (χ2v) is 9.59. The zero-order valence-corrected chi connectivity index (χ0v) is 23.2. The van der Waals surface area contributed by atoms with E-state index in [-0.39, 0.29) is 34.7 Å². The van der Waals surface area contributed by atoms with Crippen LogP contribution in [0.25, 0.3) is 17.1 Å². The first-order valence-electron chi connectivity index (χ1n) is 13.0. The first kappa shape index (κ1) is 29.6. The molecule has 1 aliphatic rings. The molecule has 1 fully saturated rings. The number of aromatic nitrogens is 3. The lowest BCUT2D eigenvalue weighted by molar-refractivity contribution is -0.0498. The lowest BCUT2D eigenvalue weighted by Crippen LogP contribution is -2.24. The van der Waals surface area contributed by atoms with E-state index in [0.29, 0.717) is 31.1 Å². The topological polar surface area (TPSA) is 106 Å². The van der Waals surface area contributed by atoms with Crippen LogP contribution in [0.4, 0.5) is 23.2 Å². The number of ether oxygens (including phenoxy) is 4. The first-order valence-corrected chi connectivity index (χ1v) is 13.0. The number of methoxy groups -OCH3 is 1. The Hall–Kier alpha value is -4.85. The summed E-state index contributed by atoms with van der Waals surface area (Å²) in [6.07, 6.45) is 0.469. The minimum absolute atomic E-state index is 0.0406. The van der Waals surface area contributed by atoms with Crippen LogP contribution < -0.4 is 25.1 Å². The molecule has 10 nitrogen and oxygen atoms in total. The van der Waals surface area contributed by atoms with Crippen molar-refractivity contribution in [3.63, 3.8) is 0 Å². The van der Waals surface area contributed by atoms with Gasteiger partial charge in [-0.3, -0.25) is 14.3 Å². The Balaban J connectivity index is 1.63. The van der Waals surface area contributed by atoms with Crippen molar-refractivity contribution in [2.75, 3.05) is 25.6 Å². The largest absolute Gasteiger partial charge is 0.497 e. The summed E-state index contributed by atoms with van der Waals surface area (Å²) in [5.41, 5.74) is -1.78. The average molecular weight is 603 g/mol. The minimum atomic E-state index is -3.06. The van der Waals surface area contributed by atoms with E-state index in [2.05, 4.69) is 15.0 Å². The molecule has 1 amide bonds. The third-order valence-electron chi connectivity index (χ3n) is 6.66. The molecule has 226 valence electrons. The summed E-state index contributed by atoms with van der Waals surface area (Å²) in [5, 5.41) is 2.43. The molecule has 43 heavy (non-hydrogen) atoms. The van der Waals surface area contributed by atoms with Crippen LogP contribution in [-0.4, -0.2) is 53.3 Å². The number of aryl methyl sites for hydroxylation is 1. The summed E-state index contributed by atoms with van der Waals surface area (Å²) < 4.78 is 78.6. The Bertz CT molecular complexity index is 1690. The van der Waals surface area contributed by atoms with Crippen LogP contribution in [0, 0.1) is 18.6 Å². The average Bonchev–Trinajstić information content (AvgIpc) is 3.54. The molecule has 1 aliphatic heterocycles. The molecule has 2 aromatic heterocycles. The highest BCUT2D eigenvalue weighted by Crippen LogP contribution is 2.34. The van der Waals surface area contributed by atoms with Gasteiger partial charge in [0.1, 0.15) is 46.4 Å². The summed E-state index contributed by atoms with van der Waals surface area (Å²) in [7, 11) is 2.62. The Labute approximate surface area is 242 Å². The van der Waals surface area contributed by atoms with Gasteiger partial charge in [0.25, 0.3) is 11.5 Å². The number of benzene rings is 2. The van der Waals surface area contributed by atoms with Crippen LogP contribution in [0.5, 0.6) is 17.2 Å². The Morgan fingerprint density at radius 3 is 2.37 bits per heavy atom. The highest BCUT2D eigenvalue weighted by Gasteiger charge is 2.28. The lowest BCUT2D eigenvalue weighted by atomic mass is 10.1. The number of anilines is 1. The van der Waals surface area contributed by atoms with Crippen LogP contribution in [0.15, 0.2) is 53.3 Å². The molecule has 0 aliphatic carbocycles. The standard InChI is InChI=1S/C29H26F4N4O6/c1-15-10-20(42-18-8-9-41-14-18)13-23(34-15)37-28(39)25(35-27(38)16-4-6-17(7-5-16)43-29(32)33)26(36(37)2)24-21(30)11-19(40-3)12-22(24)31/h4-7,10-13,18,29H,8-9,14H2,1-3H3,(H,35,38). The van der Waals surface area contributed by atoms with Crippen molar-refractivity contribution in [2.24, 2.45) is 7.05 Å². The summed E-state index contributed by atoms with van der Waals surface area (Å²) in [5.74, 6) is -2.80. The number of carbonyl (C=O) groups excluding carboxylic acids is 1. The quantitative estimate of drug-likeness (QED) is 0.273. The van der Waals surface area contributed by atoms with Gasteiger partial charge in [0, 0.05) is 49.0 Å². The second kappa shape index (κ2) is 12.2. The third-order valence-corrected chi connectivity index (χ3v) is 6.66. The Morgan fingerprint density at radius 1 is 1.07 bits per heavy atom. The van der Waals surface area contributed by atoms with E-state index in [1.54, 1.807) is 13.0 Å². The highest BCUT2D eigenvalue weighted by atomic mass is 19.3. The molecule has 1 N–H and O–H groups in total. The van der Waals surface area contributed by atoms with Crippen molar-refractivity contribution in [1.29, 1.82) is 0 Å². The number of nitrogens with zero attached hydrogens (tertiary/aromatic N) is 3. The van der Waals surface area contributed by atoms with Gasteiger partial charge in [0.05, 0.1) is 25.9 Å². The van der Waals surface area contributed by atoms with E-state index in [1.807, 2.05) is 0 Å². The lowest BCUT2D eigenvalue weighted by Gasteiger charge is -2.15. The molecular weight excluding hydrogens is 576 g/mol. The van der Waals surface area contributed by atoms with Gasteiger partial charge in [-0.25, -0.2) is 13.8 Å². The van der Waals surface area contributed by atoms with Crippen LogP contribution in [-0.2, 0) is 11.8 Å². The number of hydrogen-bond donors (Lipinski definition) is 1. The van der Waals surface area contributed by atoms with E-state index in [0.717, 1.165) is 33.6 Å². The molecule has 0 radical (unpaired) electrons. The normalized spacial score (nSPS) is 14.7. The summed E-state index contributed by atoms with van der Waals surface area (Å²) in [6, 6.07) is 9.71. The van der Waals surface area contributed by atoms with Gasteiger partial charge in [0.2, 0.25) is 0 Å². The summed E-state index contributed by atoms with van der Waals surface area (Å²) >= 11 is 0. The zero-order chi connectivity index (χ0) is 30.8. The van der Waals surface area contributed by atoms with Gasteiger partial charge in [-0.2, -0.15) is 13.5 Å². The molecule has 5 rings (SSSR count). The first-order chi connectivity index (χ1) is 20.5. The molecule has 0 saturated carbocycles. The van der Waals surface area contributed by atoms with Gasteiger partial charge >= 0.3 is 6.61 Å². The van der Waals surface area contributed by atoms with Crippen molar-refractivity contribution < 1.29 is 41.3 Å². The minimum Gasteiger partial charge on any atom is -0.497 e. The van der Waals surface area contributed by atoms with Crippen LogP contribution in [0.1, 0.15) is 22.5 Å². The number of halogens is 4. The van der Waals surface area contributed by atoms with Gasteiger partial charge in [-0.15, -0.1) is 0 Å². The van der Waals surface area contributed by atoms with E-state index < -0.39 is 41.0 Å². The second-order valence-electron chi connectivity index (χ2n) is 9.59. The van der Waals surface area contributed by atoms with Crippen molar-refractivity contribution in [3.8, 4) is 34.3 Å². The van der Waals surface area contributed by atoms with Gasteiger partial charge in [0.15, 0.2) is 5.82 Å². The predicted octanol–water partition coefficient (Wildman–Crippen LogP) is 4.85. The Morgan fingerprint density at radius 2 is 1.77 bits per heavy atom. The highest BCUT2D eigenvalue weighted by molar-refractivity contribution is 6.06. The number of rotatable bonds is 9. The molecule has 0 bridgehead atoms. The van der Waals surface area contributed by atoms with Crippen molar-refractivity contribution in [2.45, 2.75) is 26.1 Å². The predicted molar refractivity (Wildman–Crippen MR) is 146 cm³/mol. The van der Waals surface area contributed by atoms with E-state index >= 15 is 8.78 Å². The molecule has 4 aromatic rings. The molecule has 1 saturated heterocycles. The fourth-order valence-electron chi connectivity index (χ4n) is 4.72. The molecular formula is C29H26F4N4O6. The van der Waals surface area contributed by atoms with Crippen molar-refractivity contribution in [3.05, 3.63) is 81.8 Å². The fraction of sp³-hybridized carbons (Fsp3) is 0.276. The fourth-order valence-corrected chi connectivity index (χ4v) is 4.72. The Kier molecular flexibility index (Phi) is 8.39.